The van der Waals surface area contributed by atoms with E-state index in [4.69, 9.17) is 5.73 Å². The number of nitrogen functional groups attached to an aromatic ring is 1. The van der Waals surface area contributed by atoms with E-state index >= 15 is 0 Å². The maximum Gasteiger partial charge on any atom is 0.272 e. The highest BCUT2D eigenvalue weighted by atomic mass is 35.5. The van der Waals surface area contributed by atoms with Gasteiger partial charge >= 0.3 is 0 Å². The third-order valence-electron chi connectivity index (χ3n) is 5.64. The van der Waals surface area contributed by atoms with Crippen LogP contribution in [0.4, 0.5) is 5.69 Å². The Morgan fingerprint density at radius 1 is 1.10 bits per heavy atom. The molecule has 2 heterocycles. The van der Waals surface area contributed by atoms with E-state index in [9.17, 15) is 4.79 Å². The number of carbonyl (C=O) groups is 1. The number of nitrogens with one attached hydrogen (secondary N) is 2. The van der Waals surface area contributed by atoms with Gasteiger partial charge in [-0.05, 0) is 62.0 Å². The van der Waals surface area contributed by atoms with Gasteiger partial charge in [0.15, 0.2) is 5.69 Å². The molecule has 30 heavy (non-hydrogen) atoms. The lowest BCUT2D eigenvalue weighted by Gasteiger charge is -2.32. The van der Waals surface area contributed by atoms with Crippen LogP contribution >= 0.6 is 24.8 Å². The van der Waals surface area contributed by atoms with Crippen molar-refractivity contribution >= 4 is 47.3 Å². The first-order valence-corrected chi connectivity index (χ1v) is 9.97. The van der Waals surface area contributed by atoms with Crippen LogP contribution in [0.1, 0.15) is 28.9 Å². The van der Waals surface area contributed by atoms with E-state index in [1.807, 2.05) is 36.4 Å². The van der Waals surface area contributed by atoms with E-state index in [-0.39, 0.29) is 30.7 Å². The van der Waals surface area contributed by atoms with E-state index in [1.165, 1.54) is 5.56 Å². The van der Waals surface area contributed by atoms with Gasteiger partial charge in [0.25, 0.3) is 5.91 Å². The summed E-state index contributed by atoms with van der Waals surface area (Å²) in [6.07, 6.45) is 3.28. The monoisotopic (exact) mass is 449 g/mol. The third-order valence-corrected chi connectivity index (χ3v) is 5.64. The zero-order chi connectivity index (χ0) is 19.3. The molecule has 0 atom stereocenters. The molecule has 0 unspecified atom stereocenters. The number of nitrogens with two attached hydrogens (primary N) is 1. The van der Waals surface area contributed by atoms with Crippen molar-refractivity contribution in [2.24, 2.45) is 5.92 Å². The first-order valence-electron chi connectivity index (χ1n) is 9.97. The van der Waals surface area contributed by atoms with Crippen molar-refractivity contribution in [3.8, 4) is 0 Å². The summed E-state index contributed by atoms with van der Waals surface area (Å²) in [6, 6.07) is 15.9. The second-order valence-electron chi connectivity index (χ2n) is 7.60. The fourth-order valence-corrected chi connectivity index (χ4v) is 3.84. The molecule has 8 heteroatoms. The summed E-state index contributed by atoms with van der Waals surface area (Å²) in [5, 5.41) is 11.0. The first kappa shape index (κ1) is 24.0. The van der Waals surface area contributed by atoms with E-state index < -0.39 is 0 Å². The zero-order valence-electron chi connectivity index (χ0n) is 16.8. The largest absolute Gasteiger partial charge is 0.399 e. The van der Waals surface area contributed by atoms with Gasteiger partial charge in [0.2, 0.25) is 0 Å². The number of nitrogens with zero attached hydrogens (tertiary/aromatic N) is 2. The summed E-state index contributed by atoms with van der Waals surface area (Å²) in [5.41, 5.74) is 9.26. The number of aromatic nitrogens is 2. The Bertz CT molecular complexity index is 936. The maximum absolute atomic E-state index is 12.5. The Morgan fingerprint density at radius 2 is 1.80 bits per heavy atom. The van der Waals surface area contributed by atoms with Crippen molar-refractivity contribution in [3.05, 3.63) is 59.8 Å². The van der Waals surface area contributed by atoms with Crippen LogP contribution in [0.15, 0.2) is 48.5 Å². The Kier molecular flexibility index (Phi) is 8.96. The van der Waals surface area contributed by atoms with Crippen molar-refractivity contribution < 1.29 is 4.79 Å². The number of hydrogen-bond acceptors (Lipinski definition) is 4. The standard InChI is InChI=1S/C22H27N5O.2ClH/c23-18-7-5-16(6-8-18)9-12-27-13-10-17(11-14-27)15-24-22(28)21-19-3-1-2-4-20(19)25-26-21;;/h1-8,17H,9-15,23H2,(H,24,28)(H,25,26);2*1H. The minimum Gasteiger partial charge on any atom is -0.399 e. The number of likely N-dealkylation sites (tertiary alicyclic amines) is 1. The molecule has 4 N–H and O–H groups in total. The number of anilines is 1. The topological polar surface area (TPSA) is 87.0 Å². The van der Waals surface area contributed by atoms with Crippen molar-refractivity contribution in [1.82, 2.24) is 20.4 Å². The minimum atomic E-state index is -0.0942. The van der Waals surface area contributed by atoms with Gasteiger partial charge in [-0.2, -0.15) is 5.10 Å². The number of amides is 1. The van der Waals surface area contributed by atoms with E-state index in [2.05, 4.69) is 32.5 Å². The quantitative estimate of drug-likeness (QED) is 0.500. The normalized spacial score (nSPS) is 14.7. The molecule has 1 saturated heterocycles. The number of hydrogen-bond donors (Lipinski definition) is 3. The van der Waals surface area contributed by atoms with Gasteiger partial charge < -0.3 is 16.0 Å². The second kappa shape index (κ2) is 11.2. The molecule has 0 aliphatic carbocycles. The summed E-state index contributed by atoms with van der Waals surface area (Å²) >= 11 is 0. The van der Waals surface area contributed by atoms with Crippen molar-refractivity contribution in [3.63, 3.8) is 0 Å². The Hall–Kier alpha value is -2.28. The number of piperidine rings is 1. The highest BCUT2D eigenvalue weighted by Crippen LogP contribution is 2.18. The molecule has 2 aromatic carbocycles. The van der Waals surface area contributed by atoms with E-state index in [0.29, 0.717) is 18.2 Å². The van der Waals surface area contributed by atoms with Gasteiger partial charge in [-0.15, -0.1) is 24.8 Å². The highest BCUT2D eigenvalue weighted by molar-refractivity contribution is 6.04. The average molecular weight is 450 g/mol. The van der Waals surface area contributed by atoms with Crippen molar-refractivity contribution in [2.75, 3.05) is 31.9 Å². The average Bonchev–Trinajstić information content (AvgIpc) is 3.17. The van der Waals surface area contributed by atoms with E-state index in [1.54, 1.807) is 0 Å². The van der Waals surface area contributed by atoms with Crippen LogP contribution in [0, 0.1) is 5.92 Å². The predicted octanol–water partition coefficient (Wildman–Crippen LogP) is 3.67. The van der Waals surface area contributed by atoms with Crippen LogP contribution < -0.4 is 11.1 Å². The molecule has 0 spiro atoms. The molecular weight excluding hydrogens is 421 g/mol. The lowest BCUT2D eigenvalue weighted by atomic mass is 9.96. The molecule has 6 nitrogen and oxygen atoms in total. The molecule has 0 radical (unpaired) electrons. The fourth-order valence-electron chi connectivity index (χ4n) is 3.84. The van der Waals surface area contributed by atoms with Crippen molar-refractivity contribution in [2.45, 2.75) is 19.3 Å². The molecule has 0 saturated carbocycles. The number of benzene rings is 2. The van der Waals surface area contributed by atoms with E-state index in [0.717, 1.165) is 55.5 Å². The number of halogens is 2. The predicted molar refractivity (Wildman–Crippen MR) is 127 cm³/mol. The lowest BCUT2D eigenvalue weighted by Crippen LogP contribution is -2.39. The van der Waals surface area contributed by atoms with Crippen LogP contribution in [0.3, 0.4) is 0 Å². The van der Waals surface area contributed by atoms with Gasteiger partial charge in [0.05, 0.1) is 5.52 Å². The number of fused-ring (bicyclic) bond motifs is 1. The molecule has 1 aliphatic heterocycles. The summed E-state index contributed by atoms with van der Waals surface area (Å²) in [5.74, 6) is 0.435. The highest BCUT2D eigenvalue weighted by Gasteiger charge is 2.21. The number of rotatable bonds is 6. The van der Waals surface area contributed by atoms with Crippen LogP contribution in [-0.2, 0) is 6.42 Å². The van der Waals surface area contributed by atoms with Gasteiger partial charge in [-0.3, -0.25) is 9.89 Å². The minimum absolute atomic E-state index is 0. The fraction of sp³-hybridized carbons (Fsp3) is 0.364. The number of H-pyrrole nitrogens is 1. The Labute approximate surface area is 189 Å². The van der Waals surface area contributed by atoms with Crippen LogP contribution in [0.25, 0.3) is 10.9 Å². The lowest BCUT2D eigenvalue weighted by molar-refractivity contribution is 0.0933. The molecule has 1 fully saturated rings. The van der Waals surface area contributed by atoms with Crippen LogP contribution in [0.2, 0.25) is 0 Å². The molecule has 3 aromatic rings. The first-order chi connectivity index (χ1) is 13.7. The Morgan fingerprint density at radius 3 is 2.53 bits per heavy atom. The van der Waals surface area contributed by atoms with Gasteiger partial charge in [-0.25, -0.2) is 0 Å². The summed E-state index contributed by atoms with van der Waals surface area (Å²) < 4.78 is 0. The molecule has 4 rings (SSSR count). The van der Waals surface area contributed by atoms with Gasteiger partial charge in [0, 0.05) is 24.2 Å². The van der Waals surface area contributed by atoms with Crippen LogP contribution in [-0.4, -0.2) is 47.2 Å². The Balaban J connectivity index is 0.00000160. The number of carbonyl (C=O) groups excluding carboxylic acids is 1. The third kappa shape index (κ3) is 5.88. The molecule has 0 bridgehead atoms. The van der Waals surface area contributed by atoms with Gasteiger partial charge in [0.1, 0.15) is 0 Å². The maximum atomic E-state index is 12.5. The molecule has 1 amide bonds. The van der Waals surface area contributed by atoms with Crippen molar-refractivity contribution in [1.29, 1.82) is 0 Å². The zero-order valence-corrected chi connectivity index (χ0v) is 18.5. The number of aromatic amines is 1. The second-order valence-corrected chi connectivity index (χ2v) is 7.60. The van der Waals surface area contributed by atoms with Crippen LogP contribution in [0.5, 0.6) is 0 Å². The molecule has 1 aliphatic rings. The SMILES string of the molecule is Cl.Cl.Nc1ccc(CCN2CCC(CNC(=O)c3n[nH]c4ccccc34)CC2)cc1. The molecule has 162 valence electrons. The summed E-state index contributed by atoms with van der Waals surface area (Å²) in [6.45, 7) is 3.95. The summed E-state index contributed by atoms with van der Waals surface area (Å²) in [7, 11) is 0. The van der Waals surface area contributed by atoms with Gasteiger partial charge in [-0.1, -0.05) is 30.3 Å². The molecular formula is C22H29Cl2N5O. The molecule has 1 aromatic heterocycles. The smallest absolute Gasteiger partial charge is 0.272 e. The number of para-hydroxylation sites is 1. The summed E-state index contributed by atoms with van der Waals surface area (Å²) in [4.78, 5) is 15.0.